The van der Waals surface area contributed by atoms with Crippen LogP contribution in [0, 0.1) is 17.5 Å². The molecule has 0 spiro atoms. The monoisotopic (exact) mass is 310 g/mol. The van der Waals surface area contributed by atoms with Crippen molar-refractivity contribution in [3.8, 4) is 0 Å². The van der Waals surface area contributed by atoms with Crippen molar-refractivity contribution in [2.24, 2.45) is 5.73 Å². The molecular weight excluding hydrogens is 301 g/mol. The van der Waals surface area contributed by atoms with Crippen molar-refractivity contribution in [2.45, 2.75) is 0 Å². The van der Waals surface area contributed by atoms with Crippen molar-refractivity contribution >= 4 is 28.8 Å². The van der Waals surface area contributed by atoms with Crippen LogP contribution in [-0.4, -0.2) is 10.9 Å². The molecule has 0 fully saturated rings. The fourth-order valence-corrected chi connectivity index (χ4v) is 1.90. The van der Waals surface area contributed by atoms with E-state index in [4.69, 9.17) is 18.0 Å². The third-order valence-electron chi connectivity index (χ3n) is 2.69. The van der Waals surface area contributed by atoms with Crippen LogP contribution >= 0.6 is 12.2 Å². The molecule has 2 aromatic carbocycles. The normalized spacial score (nSPS) is 10.2. The topological polar surface area (TPSA) is 55.1 Å². The average molecular weight is 310 g/mol. The molecule has 0 atom stereocenters. The van der Waals surface area contributed by atoms with Crippen molar-refractivity contribution < 1.29 is 18.0 Å². The Bertz CT molecular complexity index is 714. The molecule has 0 heterocycles. The van der Waals surface area contributed by atoms with Crippen LogP contribution in [0.4, 0.5) is 18.9 Å². The predicted molar refractivity (Wildman–Crippen MR) is 76.6 cm³/mol. The molecule has 2 aromatic rings. The fraction of sp³-hybridized carbons (Fsp3) is 0. The number of thiocarbonyl (C=S) groups is 1. The largest absolute Gasteiger partial charge is 0.389 e. The highest BCUT2D eigenvalue weighted by atomic mass is 32.1. The minimum atomic E-state index is -1.02. The molecule has 0 saturated carbocycles. The Balaban J connectivity index is 2.39. The number of rotatable bonds is 3. The van der Waals surface area contributed by atoms with Gasteiger partial charge in [-0.2, -0.15) is 0 Å². The van der Waals surface area contributed by atoms with Gasteiger partial charge < -0.3 is 11.1 Å². The van der Waals surface area contributed by atoms with Crippen LogP contribution in [0.5, 0.6) is 0 Å². The number of anilines is 1. The maximum atomic E-state index is 13.5. The second-order valence-corrected chi connectivity index (χ2v) is 4.54. The van der Waals surface area contributed by atoms with Gasteiger partial charge in [-0.15, -0.1) is 0 Å². The van der Waals surface area contributed by atoms with Gasteiger partial charge in [-0.25, -0.2) is 13.2 Å². The lowest BCUT2D eigenvalue weighted by atomic mass is 10.1. The lowest BCUT2D eigenvalue weighted by Crippen LogP contribution is -2.19. The van der Waals surface area contributed by atoms with E-state index in [0.717, 1.165) is 30.3 Å². The summed E-state index contributed by atoms with van der Waals surface area (Å²) in [6.45, 7) is 0. The molecule has 0 unspecified atom stereocenters. The lowest BCUT2D eigenvalue weighted by molar-refractivity contribution is 0.101. The predicted octanol–water partition coefficient (Wildman–Crippen LogP) is 2.99. The van der Waals surface area contributed by atoms with Crippen LogP contribution in [0.25, 0.3) is 0 Å². The molecule has 3 N–H and O–H groups in total. The average Bonchev–Trinajstić information content (AvgIpc) is 2.40. The molecule has 2 rings (SSSR count). The smallest absolute Gasteiger partial charge is 0.261 e. The van der Waals surface area contributed by atoms with E-state index in [1.165, 1.54) is 6.07 Å². The number of carbonyl (C=O) groups is 1. The summed E-state index contributed by atoms with van der Waals surface area (Å²) in [5, 5.41) is 2.26. The van der Waals surface area contributed by atoms with Crippen molar-refractivity contribution in [3.05, 3.63) is 65.0 Å². The molecule has 21 heavy (non-hydrogen) atoms. The molecule has 0 aromatic heterocycles. The van der Waals surface area contributed by atoms with E-state index in [1.807, 2.05) is 0 Å². The molecule has 0 saturated heterocycles. The molecule has 7 heteroatoms. The van der Waals surface area contributed by atoms with Gasteiger partial charge in [0.15, 0.2) is 0 Å². The number of nitrogens with two attached hydrogens (primary N) is 1. The SMILES string of the molecule is NC(=S)c1cc(F)ccc1NC(=O)c1c(F)cccc1F. The zero-order valence-corrected chi connectivity index (χ0v) is 11.3. The lowest BCUT2D eigenvalue weighted by Gasteiger charge is -2.11. The van der Waals surface area contributed by atoms with Gasteiger partial charge in [0.2, 0.25) is 0 Å². The van der Waals surface area contributed by atoms with Gasteiger partial charge in [-0.05, 0) is 30.3 Å². The number of hydrogen-bond donors (Lipinski definition) is 2. The summed E-state index contributed by atoms with van der Waals surface area (Å²) in [4.78, 5) is 11.8. The van der Waals surface area contributed by atoms with Crippen LogP contribution in [0.1, 0.15) is 15.9 Å². The summed E-state index contributed by atoms with van der Waals surface area (Å²) >= 11 is 4.74. The van der Waals surface area contributed by atoms with E-state index in [-0.39, 0.29) is 16.2 Å². The van der Waals surface area contributed by atoms with E-state index >= 15 is 0 Å². The summed E-state index contributed by atoms with van der Waals surface area (Å²) in [6, 6.07) is 6.35. The number of halogens is 3. The van der Waals surface area contributed by atoms with Gasteiger partial charge in [-0.1, -0.05) is 18.3 Å². The number of amides is 1. The molecule has 3 nitrogen and oxygen atoms in total. The summed E-state index contributed by atoms with van der Waals surface area (Å²) < 4.78 is 40.2. The molecular formula is C14H9F3N2OS. The number of nitrogens with one attached hydrogen (secondary N) is 1. The van der Waals surface area contributed by atoms with Gasteiger partial charge in [0.1, 0.15) is 28.0 Å². The van der Waals surface area contributed by atoms with Crippen molar-refractivity contribution in [1.29, 1.82) is 0 Å². The minimum Gasteiger partial charge on any atom is -0.389 e. The summed E-state index contributed by atoms with van der Waals surface area (Å²) in [7, 11) is 0. The highest BCUT2D eigenvalue weighted by Gasteiger charge is 2.18. The minimum absolute atomic E-state index is 0.0649. The van der Waals surface area contributed by atoms with Crippen molar-refractivity contribution in [1.82, 2.24) is 0 Å². The number of carbonyl (C=O) groups excluding carboxylic acids is 1. The highest BCUT2D eigenvalue weighted by Crippen LogP contribution is 2.20. The van der Waals surface area contributed by atoms with Gasteiger partial charge in [0.25, 0.3) is 5.91 Å². The zero-order valence-electron chi connectivity index (χ0n) is 10.5. The Morgan fingerprint density at radius 3 is 2.29 bits per heavy atom. The van der Waals surface area contributed by atoms with Gasteiger partial charge >= 0.3 is 0 Å². The van der Waals surface area contributed by atoms with E-state index < -0.39 is 28.9 Å². The van der Waals surface area contributed by atoms with E-state index in [0.29, 0.717) is 0 Å². The first-order valence-corrected chi connectivity index (χ1v) is 6.15. The zero-order chi connectivity index (χ0) is 15.6. The first kappa shape index (κ1) is 15.0. The van der Waals surface area contributed by atoms with Crippen LogP contribution in [0.2, 0.25) is 0 Å². The highest BCUT2D eigenvalue weighted by molar-refractivity contribution is 7.80. The second kappa shape index (κ2) is 5.92. The van der Waals surface area contributed by atoms with E-state index in [2.05, 4.69) is 5.32 Å². The summed E-state index contributed by atoms with van der Waals surface area (Å²) in [6.07, 6.45) is 0. The van der Waals surface area contributed by atoms with Gasteiger partial charge in [0.05, 0.1) is 5.69 Å². The first-order valence-electron chi connectivity index (χ1n) is 5.75. The molecule has 0 radical (unpaired) electrons. The Morgan fingerprint density at radius 2 is 1.71 bits per heavy atom. The quantitative estimate of drug-likeness (QED) is 0.857. The molecule has 0 bridgehead atoms. The van der Waals surface area contributed by atoms with Crippen LogP contribution in [-0.2, 0) is 0 Å². The summed E-state index contributed by atoms with van der Waals surface area (Å²) in [5.41, 5.74) is 4.81. The van der Waals surface area contributed by atoms with Crippen LogP contribution in [0.3, 0.4) is 0 Å². The Hall–Kier alpha value is -2.41. The van der Waals surface area contributed by atoms with Crippen molar-refractivity contribution in [2.75, 3.05) is 5.32 Å². The Kier molecular flexibility index (Phi) is 4.23. The second-order valence-electron chi connectivity index (χ2n) is 4.10. The van der Waals surface area contributed by atoms with E-state index in [9.17, 15) is 18.0 Å². The Labute approximate surface area is 123 Å². The standard InChI is InChI=1S/C14H9F3N2OS/c15-7-4-5-11(8(6-7)13(18)21)19-14(20)12-9(16)2-1-3-10(12)17/h1-6H,(H2,18,21)(H,19,20). The summed E-state index contributed by atoms with van der Waals surface area (Å²) in [5.74, 6) is -3.64. The maximum Gasteiger partial charge on any atom is 0.261 e. The third-order valence-corrected chi connectivity index (χ3v) is 2.91. The molecule has 0 aliphatic heterocycles. The van der Waals surface area contributed by atoms with Crippen LogP contribution in [0.15, 0.2) is 36.4 Å². The Morgan fingerprint density at radius 1 is 1.10 bits per heavy atom. The molecule has 0 aliphatic carbocycles. The van der Waals surface area contributed by atoms with Gasteiger partial charge in [0, 0.05) is 5.56 Å². The maximum absolute atomic E-state index is 13.5. The molecule has 108 valence electrons. The number of hydrogen-bond acceptors (Lipinski definition) is 2. The third kappa shape index (κ3) is 3.19. The fourth-order valence-electron chi connectivity index (χ4n) is 1.73. The number of benzene rings is 2. The molecule has 0 aliphatic rings. The van der Waals surface area contributed by atoms with Crippen molar-refractivity contribution in [3.63, 3.8) is 0 Å². The van der Waals surface area contributed by atoms with Crippen LogP contribution < -0.4 is 11.1 Å². The molecule has 1 amide bonds. The first-order chi connectivity index (χ1) is 9.90. The van der Waals surface area contributed by atoms with E-state index in [1.54, 1.807) is 0 Å². The van der Waals surface area contributed by atoms with Gasteiger partial charge in [-0.3, -0.25) is 4.79 Å².